The number of rotatable bonds is 8. The third-order valence-corrected chi connectivity index (χ3v) is 2.69. The Balaban J connectivity index is 2.25. The highest BCUT2D eigenvalue weighted by molar-refractivity contribution is 5.82. The van der Waals surface area contributed by atoms with Crippen LogP contribution in [0.3, 0.4) is 0 Å². The smallest absolute Gasteiger partial charge is 0.326 e. The van der Waals surface area contributed by atoms with E-state index in [0.717, 1.165) is 18.6 Å². The van der Waals surface area contributed by atoms with Crippen LogP contribution < -0.4 is 10.6 Å². The molecule has 0 aliphatic rings. The predicted molar refractivity (Wildman–Crippen MR) is 69.9 cm³/mol. The summed E-state index contributed by atoms with van der Waals surface area (Å²) in [7, 11) is 0. The van der Waals surface area contributed by atoms with Crippen LogP contribution in [0.1, 0.15) is 31.9 Å². The Kier molecular flexibility index (Phi) is 6.49. The zero-order chi connectivity index (χ0) is 14.1. The summed E-state index contributed by atoms with van der Waals surface area (Å²) < 4.78 is 5.12. The molecule has 1 unspecified atom stereocenters. The van der Waals surface area contributed by atoms with E-state index in [9.17, 15) is 9.59 Å². The number of hydrogen-bond donors (Lipinski definition) is 3. The topological polar surface area (TPSA) is 91.6 Å². The van der Waals surface area contributed by atoms with Gasteiger partial charge in [0, 0.05) is 13.0 Å². The minimum atomic E-state index is -1.00. The number of carboxylic acid groups (broad SMARTS) is 1. The minimum absolute atomic E-state index is 0.402. The molecule has 0 saturated carbocycles. The Morgan fingerprint density at radius 2 is 2.26 bits per heavy atom. The van der Waals surface area contributed by atoms with Gasteiger partial charge < -0.3 is 20.2 Å². The number of amides is 2. The number of urea groups is 1. The molecule has 0 spiro atoms. The van der Waals surface area contributed by atoms with Crippen molar-refractivity contribution in [3.05, 3.63) is 24.2 Å². The zero-order valence-electron chi connectivity index (χ0n) is 11.0. The highest BCUT2D eigenvalue weighted by Gasteiger charge is 2.18. The summed E-state index contributed by atoms with van der Waals surface area (Å²) in [6, 6.07) is 2.31. The van der Waals surface area contributed by atoms with E-state index in [1.807, 2.05) is 13.0 Å². The molecule has 0 aliphatic carbocycles. The van der Waals surface area contributed by atoms with Crippen molar-refractivity contribution in [3.8, 4) is 0 Å². The van der Waals surface area contributed by atoms with Gasteiger partial charge in [-0.1, -0.05) is 19.8 Å². The summed E-state index contributed by atoms with van der Waals surface area (Å²) in [5.41, 5.74) is 0. The van der Waals surface area contributed by atoms with E-state index in [2.05, 4.69) is 10.6 Å². The average molecular weight is 268 g/mol. The van der Waals surface area contributed by atoms with Crippen molar-refractivity contribution in [1.29, 1.82) is 0 Å². The number of carbonyl (C=O) groups excluding carboxylic acids is 1. The number of nitrogens with one attached hydrogen (secondary N) is 2. The molecule has 1 aromatic rings. The third kappa shape index (κ3) is 5.94. The molecular formula is C13H20N2O4. The van der Waals surface area contributed by atoms with E-state index in [0.29, 0.717) is 19.4 Å². The van der Waals surface area contributed by atoms with E-state index in [1.54, 1.807) is 12.3 Å². The van der Waals surface area contributed by atoms with Crippen molar-refractivity contribution in [2.75, 3.05) is 6.54 Å². The molecule has 1 atom stereocenters. The van der Waals surface area contributed by atoms with Gasteiger partial charge in [0.1, 0.15) is 11.8 Å². The lowest BCUT2D eigenvalue weighted by Crippen LogP contribution is -2.46. The van der Waals surface area contributed by atoms with Gasteiger partial charge in [-0.2, -0.15) is 0 Å². The summed E-state index contributed by atoms with van der Waals surface area (Å²) in [5, 5.41) is 14.0. The molecule has 0 aromatic carbocycles. The molecular weight excluding hydrogens is 248 g/mol. The average Bonchev–Trinajstić information content (AvgIpc) is 2.87. The summed E-state index contributed by atoms with van der Waals surface area (Å²) >= 11 is 0. The van der Waals surface area contributed by atoms with Crippen molar-refractivity contribution in [2.24, 2.45) is 0 Å². The van der Waals surface area contributed by atoms with Crippen molar-refractivity contribution in [1.82, 2.24) is 10.6 Å². The molecule has 1 heterocycles. The van der Waals surface area contributed by atoms with Gasteiger partial charge in [0.05, 0.1) is 6.26 Å². The van der Waals surface area contributed by atoms with E-state index < -0.39 is 18.0 Å². The number of carbonyl (C=O) groups is 2. The molecule has 1 aromatic heterocycles. The Morgan fingerprint density at radius 1 is 1.47 bits per heavy atom. The van der Waals surface area contributed by atoms with Gasteiger partial charge in [-0.3, -0.25) is 0 Å². The molecule has 0 fully saturated rings. The van der Waals surface area contributed by atoms with E-state index in [4.69, 9.17) is 9.52 Å². The quantitative estimate of drug-likeness (QED) is 0.670. The Bertz CT molecular complexity index is 389. The minimum Gasteiger partial charge on any atom is -0.480 e. The van der Waals surface area contributed by atoms with Crippen molar-refractivity contribution >= 4 is 12.0 Å². The number of carboxylic acids is 1. The Hall–Kier alpha value is -1.98. The molecule has 0 radical (unpaired) electrons. The highest BCUT2D eigenvalue weighted by Crippen LogP contribution is 2.01. The number of unbranched alkanes of at least 4 members (excludes halogenated alkanes) is 1. The molecule has 2 amide bonds. The van der Waals surface area contributed by atoms with Gasteiger partial charge in [-0.05, 0) is 18.6 Å². The second kappa shape index (κ2) is 8.18. The second-order valence-electron chi connectivity index (χ2n) is 4.26. The van der Waals surface area contributed by atoms with E-state index >= 15 is 0 Å². The molecule has 6 heteroatoms. The van der Waals surface area contributed by atoms with Crippen LogP contribution in [0.5, 0.6) is 0 Å². The first-order valence-corrected chi connectivity index (χ1v) is 6.43. The molecule has 19 heavy (non-hydrogen) atoms. The van der Waals surface area contributed by atoms with Crippen LogP contribution in [0.4, 0.5) is 4.79 Å². The van der Waals surface area contributed by atoms with Crippen LogP contribution >= 0.6 is 0 Å². The SMILES string of the molecule is CCCCC(NC(=O)NCCc1ccco1)C(=O)O. The monoisotopic (exact) mass is 268 g/mol. The first kappa shape index (κ1) is 15.1. The largest absolute Gasteiger partial charge is 0.480 e. The van der Waals surface area contributed by atoms with Crippen LogP contribution in [-0.2, 0) is 11.2 Å². The summed E-state index contributed by atoms with van der Waals surface area (Å²) in [6.07, 6.45) is 4.25. The van der Waals surface area contributed by atoms with E-state index in [1.165, 1.54) is 0 Å². The number of furan rings is 1. The lowest BCUT2D eigenvalue weighted by Gasteiger charge is -2.14. The molecule has 106 valence electrons. The number of hydrogen-bond acceptors (Lipinski definition) is 3. The number of aliphatic carboxylic acids is 1. The summed E-state index contributed by atoms with van der Waals surface area (Å²) in [6.45, 7) is 2.38. The van der Waals surface area contributed by atoms with Gasteiger partial charge in [0.25, 0.3) is 0 Å². The van der Waals surface area contributed by atoms with Gasteiger partial charge >= 0.3 is 12.0 Å². The summed E-state index contributed by atoms with van der Waals surface area (Å²) in [5.74, 6) is -0.226. The van der Waals surface area contributed by atoms with Gasteiger partial charge in [-0.25, -0.2) is 9.59 Å². The van der Waals surface area contributed by atoms with Gasteiger partial charge in [-0.15, -0.1) is 0 Å². The maximum absolute atomic E-state index is 11.5. The predicted octanol–water partition coefficient (Wildman–Crippen LogP) is 1.76. The Labute approximate surface area is 112 Å². The lowest BCUT2D eigenvalue weighted by molar-refractivity contribution is -0.139. The molecule has 1 rings (SSSR count). The van der Waals surface area contributed by atoms with Crippen molar-refractivity contribution in [2.45, 2.75) is 38.6 Å². The fraction of sp³-hybridized carbons (Fsp3) is 0.538. The fourth-order valence-electron chi connectivity index (χ4n) is 1.63. The van der Waals surface area contributed by atoms with Crippen molar-refractivity contribution in [3.63, 3.8) is 0 Å². The standard InChI is InChI=1S/C13H20N2O4/c1-2-3-6-11(12(16)17)15-13(18)14-8-7-10-5-4-9-19-10/h4-5,9,11H,2-3,6-8H2,1H3,(H,16,17)(H2,14,15,18). The van der Waals surface area contributed by atoms with Crippen LogP contribution in [0.2, 0.25) is 0 Å². The van der Waals surface area contributed by atoms with Gasteiger partial charge in [0.15, 0.2) is 0 Å². The zero-order valence-corrected chi connectivity index (χ0v) is 11.0. The third-order valence-electron chi connectivity index (χ3n) is 2.69. The van der Waals surface area contributed by atoms with Crippen LogP contribution in [0.15, 0.2) is 22.8 Å². The molecule has 0 saturated heterocycles. The lowest BCUT2D eigenvalue weighted by atomic mass is 10.1. The molecule has 0 bridgehead atoms. The van der Waals surface area contributed by atoms with Gasteiger partial charge in [0.2, 0.25) is 0 Å². The maximum Gasteiger partial charge on any atom is 0.326 e. The molecule has 0 aliphatic heterocycles. The van der Waals surface area contributed by atoms with Crippen LogP contribution in [0, 0.1) is 0 Å². The van der Waals surface area contributed by atoms with Crippen molar-refractivity contribution < 1.29 is 19.1 Å². The maximum atomic E-state index is 11.5. The normalized spacial score (nSPS) is 11.8. The summed E-state index contributed by atoms with van der Waals surface area (Å²) in [4.78, 5) is 22.5. The van der Waals surface area contributed by atoms with Crippen LogP contribution in [-0.4, -0.2) is 29.7 Å². The molecule has 6 nitrogen and oxygen atoms in total. The van der Waals surface area contributed by atoms with E-state index in [-0.39, 0.29) is 0 Å². The second-order valence-corrected chi connectivity index (χ2v) is 4.26. The first-order chi connectivity index (χ1) is 9.13. The molecule has 3 N–H and O–H groups in total. The fourth-order valence-corrected chi connectivity index (χ4v) is 1.63. The first-order valence-electron chi connectivity index (χ1n) is 6.43. The highest BCUT2D eigenvalue weighted by atomic mass is 16.4. The van der Waals surface area contributed by atoms with Crippen LogP contribution in [0.25, 0.3) is 0 Å². The Morgan fingerprint density at radius 3 is 2.84 bits per heavy atom.